The molecule has 2 nitrogen and oxygen atoms in total. The van der Waals surface area contributed by atoms with Crippen LogP contribution in [0.1, 0.15) is 26.2 Å². The van der Waals surface area contributed by atoms with Crippen LogP contribution in [0.3, 0.4) is 0 Å². The van der Waals surface area contributed by atoms with Crippen molar-refractivity contribution in [2.75, 3.05) is 0 Å². The van der Waals surface area contributed by atoms with E-state index < -0.39 is 0 Å². The molecule has 0 heterocycles. The highest BCUT2D eigenvalue weighted by Gasteiger charge is 2.21. The van der Waals surface area contributed by atoms with E-state index >= 15 is 0 Å². The van der Waals surface area contributed by atoms with E-state index in [1.54, 1.807) is 0 Å². The number of hydrogen-bond donors (Lipinski definition) is 1. The fourth-order valence-corrected chi connectivity index (χ4v) is 1.43. The molecule has 60 valence electrons. The van der Waals surface area contributed by atoms with Crippen LogP contribution >= 0.6 is 0 Å². The number of allylic oxidation sites excluding steroid dienone is 1. The molecular formula is C9H13NO. The van der Waals surface area contributed by atoms with Gasteiger partial charge in [0.1, 0.15) is 0 Å². The third-order valence-electron chi connectivity index (χ3n) is 2.20. The second-order valence-corrected chi connectivity index (χ2v) is 3.18. The largest absolute Gasteiger partial charge is 0.392 e. The predicted molar refractivity (Wildman–Crippen MR) is 42.7 cm³/mol. The van der Waals surface area contributed by atoms with Crippen molar-refractivity contribution in [2.24, 2.45) is 5.92 Å². The molecule has 0 amide bonds. The topological polar surface area (TPSA) is 44.0 Å². The Balaban J connectivity index is 2.53. The van der Waals surface area contributed by atoms with Gasteiger partial charge in [0.05, 0.1) is 12.2 Å². The van der Waals surface area contributed by atoms with Crippen LogP contribution in [-0.2, 0) is 0 Å². The third-order valence-corrected chi connectivity index (χ3v) is 2.20. The Labute approximate surface area is 67.2 Å². The van der Waals surface area contributed by atoms with E-state index in [9.17, 15) is 5.11 Å². The Morgan fingerprint density at radius 3 is 3.09 bits per heavy atom. The molecule has 0 fully saturated rings. The molecule has 0 spiro atoms. The average Bonchev–Trinajstić information content (AvgIpc) is 1.95. The lowest BCUT2D eigenvalue weighted by Gasteiger charge is -2.24. The van der Waals surface area contributed by atoms with E-state index in [0.717, 1.165) is 12.8 Å². The summed E-state index contributed by atoms with van der Waals surface area (Å²) in [7, 11) is 0. The fraction of sp³-hybridized carbons (Fsp3) is 0.667. The van der Waals surface area contributed by atoms with Gasteiger partial charge >= 0.3 is 0 Å². The number of nitrogens with zero attached hydrogens (tertiary/aromatic N) is 1. The van der Waals surface area contributed by atoms with Gasteiger partial charge < -0.3 is 5.11 Å². The van der Waals surface area contributed by atoms with E-state index in [1.165, 1.54) is 5.57 Å². The summed E-state index contributed by atoms with van der Waals surface area (Å²) in [5.41, 5.74) is 1.24. The predicted octanol–water partition coefficient (Wildman–Crippen LogP) is 1.62. The molecule has 1 N–H and O–H groups in total. The maximum Gasteiger partial charge on any atom is 0.0625 e. The monoisotopic (exact) mass is 151 g/mol. The van der Waals surface area contributed by atoms with Crippen LogP contribution < -0.4 is 0 Å². The first-order valence-corrected chi connectivity index (χ1v) is 3.94. The van der Waals surface area contributed by atoms with E-state index in [-0.39, 0.29) is 12.0 Å². The van der Waals surface area contributed by atoms with Gasteiger partial charge in [0.15, 0.2) is 0 Å². The molecule has 0 saturated carbocycles. The van der Waals surface area contributed by atoms with Gasteiger partial charge in [-0.05, 0) is 19.8 Å². The van der Waals surface area contributed by atoms with Crippen molar-refractivity contribution in [2.45, 2.75) is 32.3 Å². The first-order valence-electron chi connectivity index (χ1n) is 3.94. The molecule has 1 aliphatic rings. The molecule has 0 aromatic heterocycles. The third kappa shape index (κ3) is 2.06. The van der Waals surface area contributed by atoms with E-state index in [0.29, 0.717) is 6.42 Å². The smallest absolute Gasteiger partial charge is 0.0625 e. The highest BCUT2D eigenvalue weighted by Crippen LogP contribution is 2.25. The van der Waals surface area contributed by atoms with Gasteiger partial charge in [0.25, 0.3) is 0 Å². The minimum absolute atomic E-state index is 0.170. The van der Waals surface area contributed by atoms with Gasteiger partial charge in [-0.25, -0.2) is 0 Å². The molecule has 1 rings (SSSR count). The highest BCUT2D eigenvalue weighted by molar-refractivity contribution is 5.07. The van der Waals surface area contributed by atoms with Crippen LogP contribution in [-0.4, -0.2) is 11.2 Å². The molecule has 0 radical (unpaired) electrons. The first-order chi connectivity index (χ1) is 5.24. The van der Waals surface area contributed by atoms with Gasteiger partial charge in [-0.1, -0.05) is 11.6 Å². The second-order valence-electron chi connectivity index (χ2n) is 3.18. The zero-order valence-electron chi connectivity index (χ0n) is 6.75. The average molecular weight is 151 g/mol. The summed E-state index contributed by atoms with van der Waals surface area (Å²) in [6, 6.07) is 2.09. The Bertz CT molecular complexity index is 202. The molecule has 1 aliphatic carbocycles. The molecule has 0 aliphatic heterocycles. The van der Waals surface area contributed by atoms with Crippen molar-refractivity contribution in [3.8, 4) is 6.07 Å². The summed E-state index contributed by atoms with van der Waals surface area (Å²) in [6.07, 6.45) is 3.91. The first kappa shape index (κ1) is 8.29. The zero-order valence-corrected chi connectivity index (χ0v) is 6.75. The molecule has 0 aromatic carbocycles. The quantitative estimate of drug-likeness (QED) is 0.579. The van der Waals surface area contributed by atoms with Crippen molar-refractivity contribution in [3.63, 3.8) is 0 Å². The molecular weight excluding hydrogens is 138 g/mol. The summed E-state index contributed by atoms with van der Waals surface area (Å²) in [5, 5.41) is 17.9. The summed E-state index contributed by atoms with van der Waals surface area (Å²) in [6.45, 7) is 2.02. The summed E-state index contributed by atoms with van der Waals surface area (Å²) in [5.74, 6) is 0.170. The van der Waals surface area contributed by atoms with Gasteiger partial charge in [-0.2, -0.15) is 5.26 Å². The Hall–Kier alpha value is -0.810. The molecule has 11 heavy (non-hydrogen) atoms. The minimum atomic E-state index is -0.292. The molecule has 2 atom stereocenters. The van der Waals surface area contributed by atoms with Crippen LogP contribution in [0.15, 0.2) is 11.6 Å². The summed E-state index contributed by atoms with van der Waals surface area (Å²) < 4.78 is 0. The van der Waals surface area contributed by atoms with Gasteiger partial charge in [-0.15, -0.1) is 0 Å². The standard InChI is InChI=1S/C9H13NO/c1-7-2-3-8(4-5-10)9(11)6-7/h2,8-9,11H,3-4,6H2,1H3. The maximum absolute atomic E-state index is 9.48. The SMILES string of the molecule is CC1=CCC(CC#N)C(O)C1. The number of rotatable bonds is 1. The van der Waals surface area contributed by atoms with Crippen molar-refractivity contribution >= 4 is 0 Å². The lowest BCUT2D eigenvalue weighted by atomic mass is 9.86. The molecule has 0 bridgehead atoms. The van der Waals surface area contributed by atoms with E-state index in [1.807, 2.05) is 6.92 Å². The Kier molecular flexibility index (Phi) is 2.67. The van der Waals surface area contributed by atoms with Crippen molar-refractivity contribution in [3.05, 3.63) is 11.6 Å². The van der Waals surface area contributed by atoms with Crippen LogP contribution in [0.4, 0.5) is 0 Å². The number of hydrogen-bond acceptors (Lipinski definition) is 2. The number of aliphatic hydroxyl groups excluding tert-OH is 1. The maximum atomic E-state index is 9.48. The van der Waals surface area contributed by atoms with Gasteiger partial charge in [0, 0.05) is 12.3 Å². The zero-order chi connectivity index (χ0) is 8.27. The number of aliphatic hydroxyl groups is 1. The van der Waals surface area contributed by atoms with Crippen molar-refractivity contribution < 1.29 is 5.11 Å². The number of nitriles is 1. The van der Waals surface area contributed by atoms with Crippen LogP contribution in [0.5, 0.6) is 0 Å². The van der Waals surface area contributed by atoms with E-state index in [4.69, 9.17) is 5.26 Å². The molecule has 0 saturated heterocycles. The van der Waals surface area contributed by atoms with Crippen LogP contribution in [0.2, 0.25) is 0 Å². The fourth-order valence-electron chi connectivity index (χ4n) is 1.43. The lowest BCUT2D eigenvalue weighted by Crippen LogP contribution is -2.23. The van der Waals surface area contributed by atoms with Gasteiger partial charge in [-0.3, -0.25) is 0 Å². The normalized spacial score (nSPS) is 30.8. The Morgan fingerprint density at radius 1 is 1.82 bits per heavy atom. The van der Waals surface area contributed by atoms with Crippen molar-refractivity contribution in [1.82, 2.24) is 0 Å². The molecule has 2 unspecified atom stereocenters. The van der Waals surface area contributed by atoms with Crippen LogP contribution in [0, 0.1) is 17.2 Å². The highest BCUT2D eigenvalue weighted by atomic mass is 16.3. The lowest BCUT2D eigenvalue weighted by molar-refractivity contribution is 0.104. The molecule has 2 heteroatoms. The summed E-state index contributed by atoms with van der Waals surface area (Å²) in [4.78, 5) is 0. The minimum Gasteiger partial charge on any atom is -0.392 e. The van der Waals surface area contributed by atoms with E-state index in [2.05, 4.69) is 12.1 Å². The Morgan fingerprint density at radius 2 is 2.55 bits per heavy atom. The summed E-state index contributed by atoms with van der Waals surface area (Å²) >= 11 is 0. The van der Waals surface area contributed by atoms with Crippen molar-refractivity contribution in [1.29, 1.82) is 5.26 Å². The van der Waals surface area contributed by atoms with Crippen LogP contribution in [0.25, 0.3) is 0 Å². The van der Waals surface area contributed by atoms with Gasteiger partial charge in [0.2, 0.25) is 0 Å². The molecule has 0 aromatic rings. The second kappa shape index (κ2) is 3.54.